The second kappa shape index (κ2) is 9.31. The van der Waals surface area contributed by atoms with Gasteiger partial charge in [-0.2, -0.15) is 0 Å². The molecule has 4 N–H and O–H groups in total. The van der Waals surface area contributed by atoms with E-state index in [0.717, 1.165) is 16.9 Å². The smallest absolute Gasteiger partial charge is 0.255 e. The number of aromatic amines is 1. The van der Waals surface area contributed by atoms with Gasteiger partial charge in [-0.05, 0) is 50.1 Å². The van der Waals surface area contributed by atoms with Crippen molar-refractivity contribution in [2.24, 2.45) is 11.7 Å². The van der Waals surface area contributed by atoms with Crippen LogP contribution in [0.2, 0.25) is 10.0 Å². The van der Waals surface area contributed by atoms with E-state index in [1.54, 1.807) is 23.1 Å². The Labute approximate surface area is 211 Å². The first-order valence-electron chi connectivity index (χ1n) is 11.2. The van der Waals surface area contributed by atoms with Crippen molar-refractivity contribution in [3.63, 3.8) is 0 Å². The molecule has 0 radical (unpaired) electrons. The zero-order valence-electron chi connectivity index (χ0n) is 18.9. The molecule has 2 aromatic carbocycles. The number of carbonyl (C=O) groups is 2. The van der Waals surface area contributed by atoms with Gasteiger partial charge in [-0.15, -0.1) is 0 Å². The van der Waals surface area contributed by atoms with E-state index in [0.29, 0.717) is 58.3 Å². The zero-order valence-corrected chi connectivity index (χ0v) is 20.4. The number of primary amides is 1. The van der Waals surface area contributed by atoms with Crippen LogP contribution >= 0.6 is 23.2 Å². The van der Waals surface area contributed by atoms with Gasteiger partial charge in [0.05, 0.1) is 33.2 Å². The van der Waals surface area contributed by atoms with Gasteiger partial charge in [0.2, 0.25) is 5.91 Å². The van der Waals surface area contributed by atoms with Crippen LogP contribution in [0.25, 0.3) is 21.9 Å². The molecule has 4 aromatic rings. The number of nitrogens with one attached hydrogen (secondary N) is 2. The number of H-pyrrole nitrogens is 1. The topological polar surface area (TPSA) is 130 Å². The summed E-state index contributed by atoms with van der Waals surface area (Å²) >= 11 is 12.6. The van der Waals surface area contributed by atoms with E-state index in [4.69, 9.17) is 28.9 Å². The Bertz CT molecular complexity index is 1450. The molecule has 0 spiro atoms. The van der Waals surface area contributed by atoms with Crippen molar-refractivity contribution < 1.29 is 9.59 Å². The number of carbonyl (C=O) groups excluding carboxylic acids is 2. The summed E-state index contributed by atoms with van der Waals surface area (Å²) in [6.07, 6.45) is 2.54. The number of anilines is 1. The lowest BCUT2D eigenvalue weighted by Gasteiger charge is -2.30. The van der Waals surface area contributed by atoms with Gasteiger partial charge >= 0.3 is 0 Å². The normalized spacial score (nSPS) is 15.5. The number of aromatic nitrogens is 4. The van der Waals surface area contributed by atoms with E-state index < -0.39 is 0 Å². The predicted molar refractivity (Wildman–Crippen MR) is 136 cm³/mol. The van der Waals surface area contributed by atoms with Gasteiger partial charge < -0.3 is 20.9 Å². The van der Waals surface area contributed by atoms with Gasteiger partial charge in [0.25, 0.3) is 5.91 Å². The van der Waals surface area contributed by atoms with Gasteiger partial charge in [-0.1, -0.05) is 23.2 Å². The third-order valence-electron chi connectivity index (χ3n) is 6.37. The Morgan fingerprint density at radius 1 is 1.14 bits per heavy atom. The van der Waals surface area contributed by atoms with Crippen LogP contribution in [0.4, 0.5) is 5.82 Å². The standard InChI is InChI=1S/C24H23Cl2N7O2/c1-12(22-31-18-3-2-14(25)8-20(18)32-22)30-23-16-9-17(26)15(10-19(16)28-11-29-23)24(35)33-6-4-13(5-7-33)21(27)34/h2-3,8-13H,4-7H2,1H3,(H2,27,34)(H,31,32)(H,28,29,30). The Balaban J connectivity index is 1.39. The molecule has 1 atom stereocenters. The lowest BCUT2D eigenvalue weighted by molar-refractivity contribution is -0.123. The average molecular weight is 512 g/mol. The Hall–Kier alpha value is -3.43. The molecule has 1 aliphatic rings. The van der Waals surface area contributed by atoms with E-state index in [2.05, 4.69) is 25.3 Å². The van der Waals surface area contributed by atoms with Crippen LogP contribution in [0, 0.1) is 5.92 Å². The van der Waals surface area contributed by atoms with Gasteiger partial charge in [0.1, 0.15) is 18.0 Å². The van der Waals surface area contributed by atoms with Crippen molar-refractivity contribution in [3.05, 3.63) is 58.1 Å². The number of nitrogens with zero attached hydrogens (tertiary/aromatic N) is 4. The largest absolute Gasteiger partial charge is 0.369 e. The van der Waals surface area contributed by atoms with Crippen LogP contribution in [-0.2, 0) is 4.79 Å². The molecule has 180 valence electrons. The molecule has 9 nitrogen and oxygen atoms in total. The minimum Gasteiger partial charge on any atom is -0.369 e. The first-order valence-corrected chi connectivity index (χ1v) is 12.0. The monoisotopic (exact) mass is 511 g/mol. The number of likely N-dealkylation sites (tertiary alicyclic amines) is 1. The number of nitrogens with two attached hydrogens (primary N) is 1. The number of piperidine rings is 1. The third kappa shape index (κ3) is 4.61. The number of amides is 2. The maximum absolute atomic E-state index is 13.1. The Morgan fingerprint density at radius 2 is 1.91 bits per heavy atom. The van der Waals surface area contributed by atoms with Gasteiger partial charge in [-0.25, -0.2) is 15.0 Å². The number of fused-ring (bicyclic) bond motifs is 2. The van der Waals surface area contributed by atoms with E-state index in [9.17, 15) is 9.59 Å². The van der Waals surface area contributed by atoms with Gasteiger partial charge in [0.15, 0.2) is 0 Å². The maximum atomic E-state index is 13.1. The summed E-state index contributed by atoms with van der Waals surface area (Å²) in [5.74, 6) is 0.592. The summed E-state index contributed by atoms with van der Waals surface area (Å²) in [6, 6.07) is 8.68. The van der Waals surface area contributed by atoms with Crippen LogP contribution in [0.3, 0.4) is 0 Å². The molecule has 0 saturated carbocycles. The molecule has 2 amide bonds. The predicted octanol–water partition coefficient (Wildman–Crippen LogP) is 4.32. The molecule has 2 aromatic heterocycles. The SMILES string of the molecule is CC(Nc1ncnc2cc(C(=O)N3CCC(C(N)=O)CC3)c(Cl)cc12)c1nc2cc(Cl)ccc2[nH]1. The average Bonchev–Trinajstić information content (AvgIpc) is 3.27. The quantitative estimate of drug-likeness (QED) is 0.365. The molecule has 5 rings (SSSR count). The second-order valence-corrected chi connectivity index (χ2v) is 9.53. The highest BCUT2D eigenvalue weighted by molar-refractivity contribution is 6.35. The molecular weight excluding hydrogens is 489 g/mol. The van der Waals surface area contributed by atoms with Crippen molar-refractivity contribution in [2.75, 3.05) is 18.4 Å². The molecule has 11 heteroatoms. The summed E-state index contributed by atoms with van der Waals surface area (Å²) in [6.45, 7) is 2.87. The van der Waals surface area contributed by atoms with E-state index >= 15 is 0 Å². The summed E-state index contributed by atoms with van der Waals surface area (Å²) in [5.41, 5.74) is 8.02. The number of rotatable bonds is 5. The highest BCUT2D eigenvalue weighted by atomic mass is 35.5. The highest BCUT2D eigenvalue weighted by Crippen LogP contribution is 2.30. The molecule has 35 heavy (non-hydrogen) atoms. The third-order valence-corrected chi connectivity index (χ3v) is 6.91. The Morgan fingerprint density at radius 3 is 2.66 bits per heavy atom. The molecule has 3 heterocycles. The highest BCUT2D eigenvalue weighted by Gasteiger charge is 2.28. The number of imidazole rings is 1. The molecule has 1 unspecified atom stereocenters. The zero-order chi connectivity index (χ0) is 24.7. The summed E-state index contributed by atoms with van der Waals surface area (Å²) in [5, 5.41) is 4.97. The summed E-state index contributed by atoms with van der Waals surface area (Å²) < 4.78 is 0. The van der Waals surface area contributed by atoms with Crippen LogP contribution in [0.5, 0.6) is 0 Å². The fourth-order valence-electron chi connectivity index (χ4n) is 4.37. The second-order valence-electron chi connectivity index (χ2n) is 8.69. The van der Waals surface area contributed by atoms with Crippen LogP contribution < -0.4 is 11.1 Å². The van der Waals surface area contributed by atoms with E-state index in [1.807, 2.05) is 19.1 Å². The first-order chi connectivity index (χ1) is 16.8. The van der Waals surface area contributed by atoms with Crippen molar-refractivity contribution in [1.29, 1.82) is 0 Å². The minimum absolute atomic E-state index is 0.192. The number of benzene rings is 2. The number of hydrogen-bond acceptors (Lipinski definition) is 6. The first kappa shape index (κ1) is 23.3. The lowest BCUT2D eigenvalue weighted by atomic mass is 9.96. The van der Waals surface area contributed by atoms with Crippen LogP contribution in [0.1, 0.15) is 42.0 Å². The molecule has 1 saturated heterocycles. The number of hydrogen-bond donors (Lipinski definition) is 3. The summed E-state index contributed by atoms with van der Waals surface area (Å²) in [7, 11) is 0. The minimum atomic E-state index is -0.321. The van der Waals surface area contributed by atoms with Gasteiger partial charge in [-0.3, -0.25) is 9.59 Å². The van der Waals surface area contributed by atoms with Crippen molar-refractivity contribution in [3.8, 4) is 0 Å². The fraction of sp³-hybridized carbons (Fsp3) is 0.292. The van der Waals surface area contributed by atoms with Crippen LogP contribution in [0.15, 0.2) is 36.7 Å². The molecule has 1 aliphatic heterocycles. The van der Waals surface area contributed by atoms with Gasteiger partial charge in [0, 0.05) is 29.4 Å². The Kier molecular flexibility index (Phi) is 6.21. The van der Waals surface area contributed by atoms with E-state index in [-0.39, 0.29) is 23.8 Å². The van der Waals surface area contributed by atoms with Crippen molar-refractivity contribution in [2.45, 2.75) is 25.8 Å². The van der Waals surface area contributed by atoms with Crippen LogP contribution in [-0.4, -0.2) is 49.7 Å². The maximum Gasteiger partial charge on any atom is 0.255 e. The van der Waals surface area contributed by atoms with Crippen molar-refractivity contribution in [1.82, 2.24) is 24.8 Å². The number of halogens is 2. The van der Waals surface area contributed by atoms with Crippen molar-refractivity contribution >= 4 is 62.8 Å². The molecule has 1 fully saturated rings. The molecule has 0 bridgehead atoms. The molecular formula is C24H23Cl2N7O2. The summed E-state index contributed by atoms with van der Waals surface area (Å²) in [4.78, 5) is 42.9. The van der Waals surface area contributed by atoms with E-state index in [1.165, 1.54) is 6.33 Å². The lowest BCUT2D eigenvalue weighted by Crippen LogP contribution is -2.41. The fourth-order valence-corrected chi connectivity index (χ4v) is 4.78. The molecule has 0 aliphatic carbocycles.